The molecule has 0 aliphatic carbocycles. The van der Waals surface area contributed by atoms with Crippen molar-refractivity contribution < 1.29 is 72.5 Å². The van der Waals surface area contributed by atoms with Crippen molar-refractivity contribution in [1.29, 1.82) is 0 Å². The molecule has 402 valence electrons. The Morgan fingerprint density at radius 1 is 0.487 bits per heavy atom. The quantitative estimate of drug-likeness (QED) is 0.0512. The second-order valence-corrected chi connectivity index (χ2v) is 16.0. The van der Waals surface area contributed by atoms with Crippen LogP contribution in [-0.4, -0.2) is 127 Å². The number of aromatic nitrogens is 3. The van der Waals surface area contributed by atoms with Crippen LogP contribution >= 0.6 is 34.8 Å². The summed E-state index contributed by atoms with van der Waals surface area (Å²) in [6, 6.07) is 24.7. The van der Waals surface area contributed by atoms with Gasteiger partial charge in [-0.25, -0.2) is 15.0 Å². The predicted molar refractivity (Wildman–Crippen MR) is 283 cm³/mol. The van der Waals surface area contributed by atoms with Crippen molar-refractivity contribution in [2.75, 3.05) is 60.8 Å². The number of pyridine rings is 3. The van der Waals surface area contributed by atoms with Gasteiger partial charge in [-0.2, -0.15) is 0 Å². The minimum absolute atomic E-state index is 0.0457. The number of aliphatic carboxylic acids is 1. The standard InChI is InChI=1S/C19H17ClN2O5.C18H15ClN2O5.C17H13ClN2O5/c1-25-16-10-13(4-3-9-27-15-7-5-14(20)6-8-15)11-21-18(16)19(24)22-12-17(23)26-2;1-25-16(23)11-21-18(24)17-15(22)9-12(10-20-17)3-2-8-26-14-6-4-13(19)5-7-14;18-12-3-5-13(6-4-12)25-7-1-2-11-8-14(21)16(19-9-11)17(24)20-10-15(22)23/h5-8,10-11H,9,12H2,1-2H3,(H,22,24);4-7,9-10,22H,8,11H2,1H3,(H,21,24);3-6,8-9,21H,7,10H2,(H,20,24)(H,22,23). The summed E-state index contributed by atoms with van der Waals surface area (Å²) in [7, 11) is 3.85. The van der Waals surface area contributed by atoms with Gasteiger partial charge in [-0.3, -0.25) is 28.8 Å². The number of carbonyl (C=O) groups excluding carboxylic acids is 5. The monoisotopic (exact) mass is 1120 g/mol. The van der Waals surface area contributed by atoms with Crippen molar-refractivity contribution in [2.24, 2.45) is 0 Å². The zero-order valence-corrected chi connectivity index (χ0v) is 43.6. The van der Waals surface area contributed by atoms with Gasteiger partial charge in [0, 0.05) is 50.3 Å². The van der Waals surface area contributed by atoms with E-state index in [4.69, 9.17) is 58.9 Å². The molecule has 0 atom stereocenters. The Hall–Kier alpha value is -9.72. The first-order valence-corrected chi connectivity index (χ1v) is 23.4. The lowest BCUT2D eigenvalue weighted by Gasteiger charge is -2.08. The van der Waals surface area contributed by atoms with Crippen molar-refractivity contribution >= 4 is 70.4 Å². The van der Waals surface area contributed by atoms with Gasteiger partial charge in [0.05, 0.1) is 21.3 Å². The molecule has 3 aromatic heterocycles. The van der Waals surface area contributed by atoms with Crippen LogP contribution in [0.15, 0.2) is 110 Å². The lowest BCUT2D eigenvalue weighted by atomic mass is 10.2. The number of nitrogens with zero attached hydrogens (tertiary/aromatic N) is 3. The van der Waals surface area contributed by atoms with Gasteiger partial charge in [-0.15, -0.1) is 0 Å². The number of hydrogen-bond acceptors (Lipinski definition) is 17. The lowest BCUT2D eigenvalue weighted by molar-refractivity contribution is -0.140. The van der Waals surface area contributed by atoms with Gasteiger partial charge in [0.2, 0.25) is 0 Å². The van der Waals surface area contributed by atoms with E-state index in [1.54, 1.807) is 78.9 Å². The van der Waals surface area contributed by atoms with Crippen LogP contribution < -0.4 is 34.9 Å². The Bertz CT molecular complexity index is 3260. The maximum absolute atomic E-state index is 12.1. The van der Waals surface area contributed by atoms with Crippen molar-refractivity contribution in [3.8, 4) is 70.0 Å². The number of nitrogens with one attached hydrogen (secondary N) is 3. The third-order valence-electron chi connectivity index (χ3n) is 9.17. The van der Waals surface area contributed by atoms with E-state index in [-0.39, 0.29) is 61.5 Å². The Kier molecular flexibility index (Phi) is 25.4. The van der Waals surface area contributed by atoms with E-state index in [1.165, 1.54) is 52.1 Å². The highest BCUT2D eigenvalue weighted by Gasteiger charge is 2.17. The number of ether oxygens (including phenoxy) is 6. The average molecular weight is 1120 g/mol. The molecule has 0 saturated carbocycles. The highest BCUT2D eigenvalue weighted by molar-refractivity contribution is 6.31. The molecule has 3 heterocycles. The number of esters is 2. The third kappa shape index (κ3) is 22.0. The number of carbonyl (C=O) groups is 6. The molecule has 3 amide bonds. The molecule has 6 N–H and O–H groups in total. The maximum atomic E-state index is 12.1. The van der Waals surface area contributed by atoms with Crippen molar-refractivity contribution in [3.63, 3.8) is 0 Å². The predicted octanol–water partition coefficient (Wildman–Crippen LogP) is 5.54. The minimum Gasteiger partial charge on any atom is -0.505 e. The number of amides is 3. The van der Waals surface area contributed by atoms with Gasteiger partial charge in [-0.1, -0.05) is 70.3 Å². The third-order valence-corrected chi connectivity index (χ3v) is 9.92. The molecule has 0 saturated heterocycles. The molecule has 0 aliphatic rings. The first-order valence-electron chi connectivity index (χ1n) is 22.2. The molecule has 3 aromatic carbocycles. The van der Waals surface area contributed by atoms with Crippen molar-refractivity contribution in [3.05, 3.63) is 158 Å². The van der Waals surface area contributed by atoms with E-state index < -0.39 is 47.9 Å². The highest BCUT2D eigenvalue weighted by atomic mass is 35.5. The normalized spacial score (nSPS) is 9.62. The molecule has 0 fully saturated rings. The summed E-state index contributed by atoms with van der Waals surface area (Å²) in [6.07, 6.45) is 4.07. The van der Waals surface area contributed by atoms with E-state index in [2.05, 4.69) is 75.9 Å². The van der Waals surface area contributed by atoms with Crippen LogP contribution in [0.4, 0.5) is 0 Å². The van der Waals surface area contributed by atoms with Crippen LogP contribution in [0.25, 0.3) is 0 Å². The number of carboxylic acid groups (broad SMARTS) is 1. The Labute approximate surface area is 461 Å². The van der Waals surface area contributed by atoms with Gasteiger partial charge >= 0.3 is 17.9 Å². The van der Waals surface area contributed by atoms with Crippen molar-refractivity contribution in [2.45, 2.75) is 0 Å². The SMILES string of the molecule is COC(=O)CNC(=O)c1ncc(C#CCOc2ccc(Cl)cc2)cc1O.COC(=O)CNC(=O)c1ncc(C#CCOc2ccc(Cl)cc2)cc1OC.O=C(O)CNC(=O)c1ncc(C#CCOc2ccc(Cl)cc2)cc1O. The molecule has 0 radical (unpaired) electrons. The summed E-state index contributed by atoms with van der Waals surface area (Å²) in [5.74, 6) is 13.7. The number of aromatic hydroxyl groups is 2. The fourth-order valence-corrected chi connectivity index (χ4v) is 5.83. The Morgan fingerprint density at radius 2 is 0.808 bits per heavy atom. The summed E-state index contributed by atoms with van der Waals surface area (Å²) in [6.45, 7) is -0.730. The minimum atomic E-state index is -1.20. The molecule has 0 unspecified atom stereocenters. The number of halogens is 3. The number of benzene rings is 3. The largest absolute Gasteiger partial charge is 0.505 e. The zero-order valence-electron chi connectivity index (χ0n) is 41.4. The average Bonchev–Trinajstić information content (AvgIpc) is 3.44. The van der Waals surface area contributed by atoms with Crippen molar-refractivity contribution in [1.82, 2.24) is 30.9 Å². The van der Waals surface area contributed by atoms with E-state index >= 15 is 0 Å². The Morgan fingerprint density at radius 3 is 1.13 bits per heavy atom. The topological polar surface area (TPSA) is 293 Å². The summed E-state index contributed by atoms with van der Waals surface area (Å²) in [5, 5.41) is 36.8. The van der Waals surface area contributed by atoms with E-state index in [9.17, 15) is 39.0 Å². The molecule has 0 aliphatic heterocycles. The van der Waals surface area contributed by atoms with Crippen LogP contribution in [0.3, 0.4) is 0 Å². The number of methoxy groups -OCH3 is 3. The first kappa shape index (κ1) is 60.8. The van der Waals surface area contributed by atoms with Crippen LogP contribution in [0.2, 0.25) is 15.1 Å². The van der Waals surface area contributed by atoms with Crippen LogP contribution in [0.1, 0.15) is 48.2 Å². The molecule has 78 heavy (non-hydrogen) atoms. The highest BCUT2D eigenvalue weighted by Crippen LogP contribution is 2.20. The summed E-state index contributed by atoms with van der Waals surface area (Å²) >= 11 is 17.4. The molecule has 6 rings (SSSR count). The van der Waals surface area contributed by atoms with Crippen LogP contribution in [0, 0.1) is 35.5 Å². The zero-order chi connectivity index (χ0) is 56.8. The maximum Gasteiger partial charge on any atom is 0.325 e. The number of rotatable bonds is 16. The fraction of sp³-hybridized carbons (Fsp3) is 0.167. The second-order valence-electron chi connectivity index (χ2n) is 14.7. The molecule has 24 heteroatoms. The molecule has 0 spiro atoms. The first-order chi connectivity index (χ1) is 37.5. The fourth-order valence-electron chi connectivity index (χ4n) is 5.45. The molecular weight excluding hydrogens is 1080 g/mol. The van der Waals surface area contributed by atoms with Gasteiger partial charge in [-0.05, 0) is 91.0 Å². The Balaban J connectivity index is 0.000000253. The number of carboxylic acids is 1. The molecule has 6 aromatic rings. The molecular formula is C54H45Cl3N6O15. The lowest BCUT2D eigenvalue weighted by Crippen LogP contribution is -2.31. The molecule has 21 nitrogen and oxygen atoms in total. The van der Waals surface area contributed by atoms with Gasteiger partial charge in [0.1, 0.15) is 68.2 Å². The van der Waals surface area contributed by atoms with E-state index in [0.717, 1.165) is 0 Å². The smallest absolute Gasteiger partial charge is 0.325 e. The van der Waals surface area contributed by atoms with E-state index in [0.29, 0.717) is 49.0 Å². The second kappa shape index (κ2) is 32.6. The van der Waals surface area contributed by atoms with Crippen LogP contribution in [-0.2, 0) is 23.9 Å². The van der Waals surface area contributed by atoms with E-state index in [1.807, 2.05) is 0 Å². The van der Waals surface area contributed by atoms with Gasteiger partial charge in [0.25, 0.3) is 17.7 Å². The summed E-state index contributed by atoms with van der Waals surface area (Å²) < 4.78 is 30.3. The number of hydrogen-bond donors (Lipinski definition) is 6. The summed E-state index contributed by atoms with van der Waals surface area (Å²) in [5.41, 5.74) is 0.903. The molecule has 0 bridgehead atoms. The van der Waals surface area contributed by atoms with Gasteiger partial charge in [0.15, 0.2) is 22.8 Å². The van der Waals surface area contributed by atoms with Crippen LogP contribution in [0.5, 0.6) is 34.5 Å². The van der Waals surface area contributed by atoms with Gasteiger partial charge < -0.3 is 59.7 Å². The summed E-state index contributed by atoms with van der Waals surface area (Å²) in [4.78, 5) is 79.8.